The Bertz CT molecular complexity index is 1420. The van der Waals surface area contributed by atoms with E-state index in [4.69, 9.17) is 10.5 Å². The number of benzene rings is 1. The minimum Gasteiger partial charge on any atom is -0.473 e. The van der Waals surface area contributed by atoms with Gasteiger partial charge in [-0.3, -0.25) is 9.36 Å². The molecule has 2 aromatic heterocycles. The van der Waals surface area contributed by atoms with E-state index >= 15 is 0 Å². The van der Waals surface area contributed by atoms with Crippen LogP contribution in [0.3, 0.4) is 0 Å². The maximum atomic E-state index is 13.2. The van der Waals surface area contributed by atoms with Gasteiger partial charge in [-0.15, -0.1) is 0 Å². The van der Waals surface area contributed by atoms with Crippen molar-refractivity contribution in [1.29, 1.82) is 0 Å². The van der Waals surface area contributed by atoms with Gasteiger partial charge in [0.25, 0.3) is 0 Å². The van der Waals surface area contributed by atoms with Gasteiger partial charge in [0.15, 0.2) is 5.78 Å². The maximum Gasteiger partial charge on any atom is 0.349 e. The van der Waals surface area contributed by atoms with E-state index in [-0.39, 0.29) is 40.7 Å². The second-order valence-corrected chi connectivity index (χ2v) is 9.61. The van der Waals surface area contributed by atoms with Gasteiger partial charge in [-0.1, -0.05) is 0 Å². The Morgan fingerprint density at radius 2 is 2.00 bits per heavy atom. The normalized spacial score (nSPS) is 22.2. The molecular weight excluding hydrogens is 449 g/mol. The predicted octanol–water partition coefficient (Wildman–Crippen LogP) is 2.76. The number of fused-ring (bicyclic) bond motifs is 1. The first kappa shape index (κ1) is 21.5. The quantitative estimate of drug-likeness (QED) is 0.549. The second-order valence-electron chi connectivity index (χ2n) is 9.61. The summed E-state index contributed by atoms with van der Waals surface area (Å²) < 4.78 is 20.7. The summed E-state index contributed by atoms with van der Waals surface area (Å²) in [5.74, 6) is 1.34. The van der Waals surface area contributed by atoms with Crippen molar-refractivity contribution in [3.8, 4) is 17.1 Å². The summed E-state index contributed by atoms with van der Waals surface area (Å²) in [6, 6.07) is 11.0. The van der Waals surface area contributed by atoms with E-state index in [2.05, 4.69) is 14.9 Å². The highest BCUT2D eigenvalue weighted by Crippen LogP contribution is 2.56. The zero-order chi connectivity index (χ0) is 24.3. The van der Waals surface area contributed by atoms with E-state index in [1.54, 1.807) is 22.9 Å². The number of pyridine rings is 1. The van der Waals surface area contributed by atoms with Gasteiger partial charge in [-0.2, -0.15) is 4.98 Å². The number of carbonyl (C=O) groups excluding carboxylic acids is 1. The molecule has 0 atom stereocenters. The van der Waals surface area contributed by atoms with Crippen LogP contribution in [0.15, 0.2) is 59.0 Å². The Morgan fingerprint density at radius 1 is 1.23 bits per heavy atom. The monoisotopic (exact) mass is 473 g/mol. The van der Waals surface area contributed by atoms with Crippen molar-refractivity contribution in [2.24, 2.45) is 11.7 Å². The molecule has 5 heterocycles. The predicted molar refractivity (Wildman–Crippen MR) is 128 cm³/mol. The standard InChI is InChI=1S/C26H24FN5O3/c1-15(33)20(24(28)17-2-5-19(27)6-3-17)13-35-22-7-4-18(11-29-22)21-8-23-31(25(34)30-21)14-26-9-16(10-26)12-32(23)26/h2-8,11,16H,9-10,12-14,28H2,1H3/b24-20-. The van der Waals surface area contributed by atoms with Gasteiger partial charge in [0, 0.05) is 36.1 Å². The molecule has 1 spiro atoms. The molecule has 8 nitrogen and oxygen atoms in total. The number of carbonyl (C=O) groups is 1. The zero-order valence-electron chi connectivity index (χ0n) is 19.2. The number of nitrogens with zero attached hydrogens (tertiary/aromatic N) is 4. The third kappa shape index (κ3) is 3.50. The number of hydrogen-bond donors (Lipinski definition) is 1. The minimum atomic E-state index is -0.385. The molecule has 3 aromatic rings. The van der Waals surface area contributed by atoms with Crippen LogP contribution in [0.4, 0.5) is 10.2 Å². The number of ether oxygens (including phenoxy) is 1. The number of aromatic nitrogens is 3. The van der Waals surface area contributed by atoms with Crippen LogP contribution in [0.2, 0.25) is 0 Å². The van der Waals surface area contributed by atoms with Crippen molar-refractivity contribution >= 4 is 17.3 Å². The topological polar surface area (TPSA) is 103 Å². The average molecular weight is 474 g/mol. The summed E-state index contributed by atoms with van der Waals surface area (Å²) >= 11 is 0. The first-order chi connectivity index (χ1) is 16.8. The molecule has 0 radical (unpaired) electrons. The van der Waals surface area contributed by atoms with Crippen molar-refractivity contribution in [3.63, 3.8) is 0 Å². The summed E-state index contributed by atoms with van der Waals surface area (Å²) in [5.41, 5.74) is 8.35. The number of rotatable bonds is 6. The molecule has 1 aromatic carbocycles. The summed E-state index contributed by atoms with van der Waals surface area (Å²) in [4.78, 5) is 35.9. The molecule has 0 amide bonds. The molecule has 4 aliphatic rings. The molecule has 1 saturated carbocycles. The lowest BCUT2D eigenvalue weighted by atomic mass is 9.74. The Morgan fingerprint density at radius 3 is 2.69 bits per heavy atom. The van der Waals surface area contributed by atoms with Crippen molar-refractivity contribution in [1.82, 2.24) is 14.5 Å². The number of ketones is 1. The summed E-state index contributed by atoms with van der Waals surface area (Å²) in [5, 5.41) is 0. The zero-order valence-corrected chi connectivity index (χ0v) is 19.2. The number of nitrogens with two attached hydrogens (primary N) is 1. The van der Waals surface area contributed by atoms with Crippen LogP contribution in [0.5, 0.6) is 5.88 Å². The van der Waals surface area contributed by atoms with Gasteiger partial charge in [-0.05, 0) is 61.6 Å². The smallest absolute Gasteiger partial charge is 0.349 e. The van der Waals surface area contributed by atoms with Crippen LogP contribution in [0.1, 0.15) is 25.3 Å². The Kier molecular flexibility index (Phi) is 4.77. The fourth-order valence-corrected chi connectivity index (χ4v) is 5.61. The van der Waals surface area contributed by atoms with Gasteiger partial charge >= 0.3 is 5.69 Å². The van der Waals surface area contributed by atoms with Crippen LogP contribution in [0, 0.1) is 11.7 Å². The van der Waals surface area contributed by atoms with Crippen molar-refractivity contribution in [3.05, 3.63) is 76.1 Å². The number of halogens is 1. The molecule has 1 aliphatic carbocycles. The second kappa shape index (κ2) is 7.76. The van der Waals surface area contributed by atoms with Gasteiger partial charge in [0.05, 0.1) is 23.4 Å². The van der Waals surface area contributed by atoms with Gasteiger partial charge < -0.3 is 15.4 Å². The largest absolute Gasteiger partial charge is 0.473 e. The maximum absolute atomic E-state index is 13.2. The molecule has 3 aliphatic heterocycles. The Labute approximate surface area is 200 Å². The van der Waals surface area contributed by atoms with Gasteiger partial charge in [-0.25, -0.2) is 14.2 Å². The molecule has 7 rings (SSSR count). The van der Waals surface area contributed by atoms with E-state index in [1.165, 1.54) is 31.2 Å². The van der Waals surface area contributed by atoms with E-state index in [0.717, 1.165) is 37.7 Å². The van der Waals surface area contributed by atoms with Crippen molar-refractivity contribution in [2.75, 3.05) is 18.1 Å². The van der Waals surface area contributed by atoms with Crippen LogP contribution in [0.25, 0.3) is 17.0 Å². The molecule has 35 heavy (non-hydrogen) atoms. The highest BCUT2D eigenvalue weighted by Gasteiger charge is 2.60. The number of Topliss-reactive ketones (excluding diaryl/α,β-unsaturated/α-hetero) is 1. The van der Waals surface area contributed by atoms with E-state index in [1.807, 2.05) is 6.07 Å². The molecule has 2 N–H and O–H groups in total. The molecule has 3 fully saturated rings. The van der Waals surface area contributed by atoms with Crippen molar-refractivity contribution < 1.29 is 13.9 Å². The third-order valence-corrected chi connectivity index (χ3v) is 7.37. The Balaban J connectivity index is 1.21. The lowest BCUT2D eigenvalue weighted by Gasteiger charge is -2.37. The molecule has 0 unspecified atom stereocenters. The SMILES string of the molecule is CC(=O)/C(COc1ccc(-c2cc3n(c(=O)n2)CC24CC(CN32)C4)cn1)=C(\N)c1ccc(F)cc1. The van der Waals surface area contributed by atoms with E-state index in [0.29, 0.717) is 22.7 Å². The van der Waals surface area contributed by atoms with E-state index in [9.17, 15) is 14.0 Å². The van der Waals surface area contributed by atoms with Crippen LogP contribution < -0.4 is 21.1 Å². The number of anilines is 1. The van der Waals surface area contributed by atoms with E-state index < -0.39 is 0 Å². The molecular formula is C26H24FN5O3. The first-order valence-corrected chi connectivity index (χ1v) is 11.6. The fourth-order valence-electron chi connectivity index (χ4n) is 5.61. The Hall–Kier alpha value is -4.01. The third-order valence-electron chi connectivity index (χ3n) is 7.37. The van der Waals surface area contributed by atoms with Crippen LogP contribution in [-0.4, -0.2) is 39.0 Å². The molecule has 9 heteroatoms. The lowest BCUT2D eigenvalue weighted by molar-refractivity contribution is -0.113. The molecule has 2 bridgehead atoms. The van der Waals surface area contributed by atoms with Gasteiger partial charge in [0.1, 0.15) is 18.2 Å². The summed E-state index contributed by atoms with van der Waals surface area (Å²) in [6.07, 6.45) is 3.90. The molecule has 2 saturated heterocycles. The minimum absolute atomic E-state index is 0.0818. The number of hydrogen-bond acceptors (Lipinski definition) is 7. The highest BCUT2D eigenvalue weighted by atomic mass is 19.1. The summed E-state index contributed by atoms with van der Waals surface area (Å²) in [7, 11) is 0. The fraction of sp³-hybridized carbons (Fsp3) is 0.308. The summed E-state index contributed by atoms with van der Waals surface area (Å²) in [6.45, 7) is 3.05. The van der Waals surface area contributed by atoms with Crippen molar-refractivity contribution in [2.45, 2.75) is 31.8 Å². The van der Waals surface area contributed by atoms with Crippen LogP contribution in [-0.2, 0) is 11.3 Å². The molecule has 178 valence electrons. The first-order valence-electron chi connectivity index (χ1n) is 11.6. The highest BCUT2D eigenvalue weighted by molar-refractivity contribution is 6.00. The average Bonchev–Trinajstić information content (AvgIpc) is 3.46. The van der Waals surface area contributed by atoms with Gasteiger partial charge in [0.2, 0.25) is 5.88 Å². The lowest BCUT2D eigenvalue weighted by Crippen LogP contribution is -2.44. The van der Waals surface area contributed by atoms with Crippen LogP contribution >= 0.6 is 0 Å².